The lowest BCUT2D eigenvalue weighted by Gasteiger charge is -2.32. The number of aromatic nitrogens is 3. The van der Waals surface area contributed by atoms with Gasteiger partial charge in [-0.15, -0.1) is 0 Å². The molecule has 0 radical (unpaired) electrons. The van der Waals surface area contributed by atoms with Gasteiger partial charge in [-0.05, 0) is 37.7 Å². The van der Waals surface area contributed by atoms with Crippen molar-refractivity contribution in [1.82, 2.24) is 24.8 Å². The third kappa shape index (κ3) is 7.21. The van der Waals surface area contributed by atoms with Gasteiger partial charge in [0.05, 0.1) is 6.26 Å². The summed E-state index contributed by atoms with van der Waals surface area (Å²) in [5.74, 6) is -0.689. The van der Waals surface area contributed by atoms with E-state index in [0.29, 0.717) is 36.1 Å². The second kappa shape index (κ2) is 11.9. The Balaban J connectivity index is 1.60. The van der Waals surface area contributed by atoms with E-state index in [-0.39, 0.29) is 24.2 Å². The number of nitrogens with zero attached hydrogens (tertiary/aromatic N) is 6. The SMILES string of the molecule is Cc1ccc(C(=O)N2CCN(C)CC2)cc1Nc1ncc(C(F)(F)F)c(NCc2cccnc2N(C)S(C)(=O)=O)n1. The van der Waals surface area contributed by atoms with E-state index >= 15 is 0 Å². The number of pyridine rings is 1. The molecule has 2 N–H and O–H groups in total. The predicted octanol–water partition coefficient (Wildman–Crippen LogP) is 3.34. The van der Waals surface area contributed by atoms with Gasteiger partial charge in [0, 0.05) is 69.0 Å². The summed E-state index contributed by atoms with van der Waals surface area (Å²) < 4.78 is 66.4. The Labute approximate surface area is 236 Å². The maximum absolute atomic E-state index is 13.8. The minimum Gasteiger partial charge on any atom is -0.365 e. The van der Waals surface area contributed by atoms with Gasteiger partial charge in [-0.3, -0.25) is 9.10 Å². The second-order valence-corrected chi connectivity index (χ2v) is 11.8. The molecule has 0 spiro atoms. The Kier molecular flexibility index (Phi) is 8.68. The molecule has 2 aromatic heterocycles. The fraction of sp³-hybridized carbons (Fsp3) is 0.385. The highest BCUT2D eigenvalue weighted by atomic mass is 32.2. The van der Waals surface area contributed by atoms with Crippen LogP contribution in [0.3, 0.4) is 0 Å². The number of rotatable bonds is 8. The molecule has 1 aliphatic rings. The summed E-state index contributed by atoms with van der Waals surface area (Å²) in [5.41, 5.74) is 0.891. The van der Waals surface area contributed by atoms with Crippen LogP contribution in [0.2, 0.25) is 0 Å². The number of likely N-dealkylation sites (N-methyl/N-ethyl adjacent to an activating group) is 1. The average Bonchev–Trinajstić information content (AvgIpc) is 2.92. The van der Waals surface area contributed by atoms with Crippen LogP contribution in [0.25, 0.3) is 0 Å². The minimum atomic E-state index is -4.76. The van der Waals surface area contributed by atoms with Crippen LogP contribution in [0.4, 0.5) is 36.4 Å². The molecule has 0 bridgehead atoms. The van der Waals surface area contributed by atoms with E-state index in [2.05, 4.69) is 30.5 Å². The summed E-state index contributed by atoms with van der Waals surface area (Å²) >= 11 is 0. The molecule has 0 aliphatic carbocycles. The Hall–Kier alpha value is -3.98. The molecule has 4 rings (SSSR count). The summed E-state index contributed by atoms with van der Waals surface area (Å²) in [6.45, 7) is 4.32. The Morgan fingerprint density at radius 3 is 2.49 bits per heavy atom. The summed E-state index contributed by atoms with van der Waals surface area (Å²) in [6.07, 6.45) is -1.70. The highest BCUT2D eigenvalue weighted by Gasteiger charge is 2.35. The van der Waals surface area contributed by atoms with Crippen molar-refractivity contribution in [2.24, 2.45) is 0 Å². The van der Waals surface area contributed by atoms with Crippen LogP contribution >= 0.6 is 0 Å². The first-order valence-electron chi connectivity index (χ1n) is 12.7. The van der Waals surface area contributed by atoms with Crippen molar-refractivity contribution in [1.29, 1.82) is 0 Å². The van der Waals surface area contributed by atoms with Gasteiger partial charge in [-0.25, -0.2) is 18.4 Å². The molecule has 1 aromatic carbocycles. The van der Waals surface area contributed by atoms with Crippen molar-refractivity contribution in [2.45, 2.75) is 19.6 Å². The number of amides is 1. The molecule has 1 fully saturated rings. The lowest BCUT2D eigenvalue weighted by molar-refractivity contribution is -0.137. The van der Waals surface area contributed by atoms with Gasteiger partial charge in [-0.1, -0.05) is 12.1 Å². The molecule has 1 amide bonds. The largest absolute Gasteiger partial charge is 0.421 e. The average molecular weight is 593 g/mol. The van der Waals surface area contributed by atoms with Gasteiger partial charge in [0.2, 0.25) is 16.0 Å². The molecule has 0 atom stereocenters. The highest BCUT2D eigenvalue weighted by molar-refractivity contribution is 7.92. The van der Waals surface area contributed by atoms with Crippen LogP contribution in [0.15, 0.2) is 42.7 Å². The second-order valence-electron chi connectivity index (χ2n) is 9.77. The smallest absolute Gasteiger partial charge is 0.365 e. The topological polar surface area (TPSA) is 124 Å². The van der Waals surface area contributed by atoms with Crippen LogP contribution in [0, 0.1) is 6.92 Å². The first-order valence-corrected chi connectivity index (χ1v) is 14.5. The molecule has 1 aliphatic heterocycles. The minimum absolute atomic E-state index is 0.0703. The van der Waals surface area contributed by atoms with Crippen LogP contribution in [0.1, 0.15) is 27.0 Å². The van der Waals surface area contributed by atoms with Crippen LogP contribution < -0.4 is 14.9 Å². The van der Waals surface area contributed by atoms with E-state index in [4.69, 9.17) is 0 Å². The van der Waals surface area contributed by atoms with Crippen molar-refractivity contribution in [3.05, 3.63) is 65.0 Å². The van der Waals surface area contributed by atoms with E-state index < -0.39 is 27.6 Å². The number of alkyl halides is 3. The van der Waals surface area contributed by atoms with Crippen LogP contribution in [-0.2, 0) is 22.7 Å². The maximum Gasteiger partial charge on any atom is 0.421 e. The van der Waals surface area contributed by atoms with Gasteiger partial charge in [0.1, 0.15) is 17.2 Å². The number of hydrogen-bond donors (Lipinski definition) is 2. The fourth-order valence-electron chi connectivity index (χ4n) is 4.17. The lowest BCUT2D eigenvalue weighted by Crippen LogP contribution is -2.47. The number of piperazine rings is 1. The molecule has 3 aromatic rings. The zero-order valence-electron chi connectivity index (χ0n) is 23.0. The number of sulfonamides is 1. The van der Waals surface area contributed by atoms with Gasteiger partial charge >= 0.3 is 6.18 Å². The molecular formula is C26H31F3N8O3S. The predicted molar refractivity (Wildman–Crippen MR) is 150 cm³/mol. The third-order valence-electron chi connectivity index (χ3n) is 6.73. The van der Waals surface area contributed by atoms with Gasteiger partial charge < -0.3 is 20.4 Å². The van der Waals surface area contributed by atoms with Crippen molar-refractivity contribution < 1.29 is 26.4 Å². The lowest BCUT2D eigenvalue weighted by atomic mass is 10.1. The van der Waals surface area contributed by atoms with Crippen molar-refractivity contribution >= 4 is 39.2 Å². The molecule has 0 unspecified atom stereocenters. The fourth-order valence-corrected chi connectivity index (χ4v) is 4.65. The molecule has 15 heteroatoms. The number of anilines is 4. The number of carbonyl (C=O) groups is 1. The zero-order chi connectivity index (χ0) is 29.9. The first-order chi connectivity index (χ1) is 19.2. The van der Waals surface area contributed by atoms with Crippen LogP contribution in [-0.4, -0.2) is 85.6 Å². The number of hydrogen-bond acceptors (Lipinski definition) is 9. The maximum atomic E-state index is 13.8. The number of halogens is 3. The standard InChI is InChI=1S/C26H31F3N8O3S/c1-17-7-8-18(24(38)37-12-10-35(2)11-13-37)14-21(17)33-25-32-16-20(26(27,28)29)22(34-25)31-15-19-6-5-9-30-23(19)36(3)41(4,39)40/h5-9,14,16H,10-13,15H2,1-4H3,(H2,31,32,33,34). The Morgan fingerprint density at radius 2 is 1.83 bits per heavy atom. The van der Waals surface area contributed by atoms with E-state index in [1.807, 2.05) is 7.05 Å². The summed E-state index contributed by atoms with van der Waals surface area (Å²) in [4.78, 5) is 29.0. The first kappa shape index (κ1) is 30.0. The number of benzene rings is 1. The third-order valence-corrected chi connectivity index (χ3v) is 7.89. The number of nitrogens with one attached hydrogen (secondary N) is 2. The monoisotopic (exact) mass is 592 g/mol. The van der Waals surface area contributed by atoms with Crippen molar-refractivity contribution in [2.75, 3.05) is 61.5 Å². The molecule has 1 saturated heterocycles. The molecule has 220 valence electrons. The van der Waals surface area contributed by atoms with E-state index in [0.717, 1.165) is 29.2 Å². The normalized spacial score (nSPS) is 14.6. The van der Waals surface area contributed by atoms with Gasteiger partial charge in [-0.2, -0.15) is 18.2 Å². The molecule has 41 heavy (non-hydrogen) atoms. The van der Waals surface area contributed by atoms with Gasteiger partial charge in [0.25, 0.3) is 5.91 Å². The Morgan fingerprint density at radius 1 is 1.12 bits per heavy atom. The van der Waals surface area contributed by atoms with Crippen molar-refractivity contribution in [3.8, 4) is 0 Å². The van der Waals surface area contributed by atoms with E-state index in [1.165, 1.54) is 13.2 Å². The number of aryl methyl sites for hydroxylation is 1. The number of carbonyl (C=O) groups excluding carboxylic acids is 1. The van der Waals surface area contributed by atoms with Gasteiger partial charge in [0.15, 0.2) is 0 Å². The molecule has 3 heterocycles. The van der Waals surface area contributed by atoms with E-state index in [9.17, 15) is 26.4 Å². The quantitative estimate of drug-likeness (QED) is 0.405. The summed E-state index contributed by atoms with van der Waals surface area (Å²) in [7, 11) is -0.361. The zero-order valence-corrected chi connectivity index (χ0v) is 23.8. The Bertz CT molecular complexity index is 1530. The van der Waals surface area contributed by atoms with Crippen molar-refractivity contribution in [3.63, 3.8) is 0 Å². The van der Waals surface area contributed by atoms with Crippen LogP contribution in [0.5, 0.6) is 0 Å². The molecule has 11 nitrogen and oxygen atoms in total. The molecule has 0 saturated carbocycles. The van der Waals surface area contributed by atoms with E-state index in [1.54, 1.807) is 42.2 Å². The molecular weight excluding hydrogens is 561 g/mol. The summed E-state index contributed by atoms with van der Waals surface area (Å²) in [5, 5.41) is 5.60. The summed E-state index contributed by atoms with van der Waals surface area (Å²) in [6, 6.07) is 8.19. The highest BCUT2D eigenvalue weighted by Crippen LogP contribution is 2.35.